The van der Waals surface area contributed by atoms with E-state index in [4.69, 9.17) is 0 Å². The Hall–Kier alpha value is -1.02. The lowest BCUT2D eigenvalue weighted by molar-refractivity contribution is 0.372. The fourth-order valence-corrected chi connectivity index (χ4v) is 2.68. The van der Waals surface area contributed by atoms with E-state index in [0.717, 1.165) is 5.92 Å². The molecule has 0 radical (unpaired) electrons. The normalized spacial score (nSPS) is 17.1. The Morgan fingerprint density at radius 1 is 1.24 bits per heavy atom. The summed E-state index contributed by atoms with van der Waals surface area (Å²) in [6.07, 6.45) is 3.89. The van der Waals surface area contributed by atoms with Crippen LogP contribution in [0.3, 0.4) is 0 Å². The molecule has 0 amide bonds. The first-order valence-electron chi connectivity index (χ1n) is 6.64. The van der Waals surface area contributed by atoms with Gasteiger partial charge in [-0.25, -0.2) is 0 Å². The molecule has 0 aromatic heterocycles. The zero-order chi connectivity index (χ0) is 12.3. The molecule has 17 heavy (non-hydrogen) atoms. The first-order valence-corrected chi connectivity index (χ1v) is 6.64. The van der Waals surface area contributed by atoms with Gasteiger partial charge < -0.3 is 10.2 Å². The van der Waals surface area contributed by atoms with E-state index < -0.39 is 0 Å². The molecule has 0 aliphatic carbocycles. The zero-order valence-electron chi connectivity index (χ0n) is 11.3. The lowest BCUT2D eigenvalue weighted by Crippen LogP contribution is -2.28. The highest BCUT2D eigenvalue weighted by atomic mass is 15.1. The number of nitrogens with zero attached hydrogens (tertiary/aromatic N) is 1. The maximum absolute atomic E-state index is 3.43. The Morgan fingerprint density at radius 3 is 2.59 bits per heavy atom. The van der Waals surface area contributed by atoms with Crippen LogP contribution < -0.4 is 10.2 Å². The van der Waals surface area contributed by atoms with Crippen molar-refractivity contribution < 1.29 is 0 Å². The minimum Gasteiger partial charge on any atom is -0.377 e. The smallest absolute Gasteiger partial charge is 0.0393 e. The number of nitrogens with one attached hydrogen (secondary N) is 1. The van der Waals surface area contributed by atoms with Crippen molar-refractivity contribution in [3.05, 3.63) is 29.3 Å². The third-order valence-electron chi connectivity index (χ3n) is 3.74. The maximum atomic E-state index is 3.43. The summed E-state index contributed by atoms with van der Waals surface area (Å²) in [7, 11) is 4.24. The van der Waals surface area contributed by atoms with Crippen LogP contribution in [0.4, 0.5) is 5.69 Å². The van der Waals surface area contributed by atoms with Crippen LogP contribution in [0.2, 0.25) is 0 Å². The number of aryl methyl sites for hydroxylation is 1. The summed E-state index contributed by atoms with van der Waals surface area (Å²) in [6.45, 7) is 4.57. The summed E-state index contributed by atoms with van der Waals surface area (Å²) in [6, 6.07) is 6.91. The molecular weight excluding hydrogens is 208 g/mol. The van der Waals surface area contributed by atoms with Crippen molar-refractivity contribution in [2.45, 2.75) is 26.2 Å². The number of piperidine rings is 1. The van der Waals surface area contributed by atoms with Gasteiger partial charge >= 0.3 is 0 Å². The summed E-state index contributed by atoms with van der Waals surface area (Å²) >= 11 is 0. The van der Waals surface area contributed by atoms with Crippen LogP contribution in [0.15, 0.2) is 18.2 Å². The summed E-state index contributed by atoms with van der Waals surface area (Å²) in [5, 5.41) is 3.43. The zero-order valence-corrected chi connectivity index (χ0v) is 11.3. The fourth-order valence-electron chi connectivity index (χ4n) is 2.68. The number of benzene rings is 1. The predicted octanol–water partition coefficient (Wildman–Crippen LogP) is 2.60. The topological polar surface area (TPSA) is 15.3 Å². The average Bonchev–Trinajstić information content (AvgIpc) is 2.32. The van der Waals surface area contributed by atoms with Crippen molar-refractivity contribution in [1.82, 2.24) is 5.32 Å². The van der Waals surface area contributed by atoms with E-state index in [1.54, 1.807) is 0 Å². The first-order chi connectivity index (χ1) is 8.16. The van der Waals surface area contributed by atoms with Crippen molar-refractivity contribution in [2.75, 3.05) is 32.1 Å². The lowest BCUT2D eigenvalue weighted by Gasteiger charge is -2.23. The molecule has 1 aliphatic rings. The van der Waals surface area contributed by atoms with E-state index in [1.807, 2.05) is 0 Å². The van der Waals surface area contributed by atoms with E-state index >= 15 is 0 Å². The minimum absolute atomic E-state index is 0.869. The molecule has 1 aromatic rings. The molecule has 2 nitrogen and oxygen atoms in total. The SMILES string of the molecule is Cc1ccc(CC2CCNCC2)cc1N(C)C. The van der Waals surface area contributed by atoms with Gasteiger partial charge in [-0.15, -0.1) is 0 Å². The highest BCUT2D eigenvalue weighted by Gasteiger charge is 2.14. The molecule has 0 bridgehead atoms. The average molecular weight is 232 g/mol. The van der Waals surface area contributed by atoms with Crippen molar-refractivity contribution in [1.29, 1.82) is 0 Å². The summed E-state index contributed by atoms with van der Waals surface area (Å²) < 4.78 is 0. The monoisotopic (exact) mass is 232 g/mol. The van der Waals surface area contributed by atoms with Crippen molar-refractivity contribution in [3.63, 3.8) is 0 Å². The molecule has 0 spiro atoms. The Morgan fingerprint density at radius 2 is 1.94 bits per heavy atom. The van der Waals surface area contributed by atoms with Crippen LogP contribution in [0.25, 0.3) is 0 Å². The van der Waals surface area contributed by atoms with Crippen molar-refractivity contribution in [3.8, 4) is 0 Å². The standard InChI is InChI=1S/C15H24N2/c1-12-4-5-14(11-15(12)17(2)3)10-13-6-8-16-9-7-13/h4-5,11,13,16H,6-10H2,1-3H3. The molecule has 2 heteroatoms. The van der Waals surface area contributed by atoms with Crippen LogP contribution in [0, 0.1) is 12.8 Å². The Kier molecular flexibility index (Phi) is 4.06. The van der Waals surface area contributed by atoms with E-state index in [9.17, 15) is 0 Å². The van der Waals surface area contributed by atoms with E-state index in [1.165, 1.54) is 49.2 Å². The molecule has 1 heterocycles. The van der Waals surface area contributed by atoms with Gasteiger partial charge in [0.2, 0.25) is 0 Å². The fraction of sp³-hybridized carbons (Fsp3) is 0.600. The molecule has 1 aromatic carbocycles. The molecule has 0 atom stereocenters. The van der Waals surface area contributed by atoms with Gasteiger partial charge in [-0.05, 0) is 62.4 Å². The number of hydrogen-bond acceptors (Lipinski definition) is 2. The van der Waals surface area contributed by atoms with E-state index in [2.05, 4.69) is 49.4 Å². The van der Waals surface area contributed by atoms with Crippen molar-refractivity contribution in [2.24, 2.45) is 5.92 Å². The van der Waals surface area contributed by atoms with Gasteiger partial charge in [-0.2, -0.15) is 0 Å². The summed E-state index contributed by atoms with van der Waals surface area (Å²) in [5.41, 5.74) is 4.21. The quantitative estimate of drug-likeness (QED) is 0.862. The predicted molar refractivity (Wildman–Crippen MR) is 74.8 cm³/mol. The van der Waals surface area contributed by atoms with Gasteiger partial charge in [0.05, 0.1) is 0 Å². The van der Waals surface area contributed by atoms with Gasteiger partial charge in [0.25, 0.3) is 0 Å². The number of anilines is 1. The van der Waals surface area contributed by atoms with Gasteiger partial charge in [0.1, 0.15) is 0 Å². The largest absolute Gasteiger partial charge is 0.377 e. The van der Waals surface area contributed by atoms with Gasteiger partial charge in [0.15, 0.2) is 0 Å². The second-order valence-corrected chi connectivity index (χ2v) is 5.41. The molecule has 1 N–H and O–H groups in total. The molecule has 0 unspecified atom stereocenters. The molecule has 94 valence electrons. The van der Waals surface area contributed by atoms with Gasteiger partial charge in [-0.1, -0.05) is 12.1 Å². The van der Waals surface area contributed by atoms with Crippen LogP contribution in [0.5, 0.6) is 0 Å². The molecule has 2 rings (SSSR count). The van der Waals surface area contributed by atoms with Crippen molar-refractivity contribution >= 4 is 5.69 Å². The minimum atomic E-state index is 0.869. The highest BCUT2D eigenvalue weighted by Crippen LogP contribution is 2.23. The van der Waals surface area contributed by atoms with Crippen LogP contribution in [-0.4, -0.2) is 27.2 Å². The van der Waals surface area contributed by atoms with Crippen LogP contribution in [0.1, 0.15) is 24.0 Å². The number of rotatable bonds is 3. The summed E-state index contributed by atoms with van der Waals surface area (Å²) in [4.78, 5) is 2.21. The number of hydrogen-bond donors (Lipinski definition) is 1. The molecule has 1 fully saturated rings. The van der Waals surface area contributed by atoms with E-state index in [0.29, 0.717) is 0 Å². The second-order valence-electron chi connectivity index (χ2n) is 5.41. The second kappa shape index (κ2) is 5.54. The Labute approximate surface area is 105 Å². The summed E-state index contributed by atoms with van der Waals surface area (Å²) in [5.74, 6) is 0.869. The lowest BCUT2D eigenvalue weighted by atomic mass is 9.90. The third-order valence-corrected chi connectivity index (χ3v) is 3.74. The third kappa shape index (κ3) is 3.22. The van der Waals surface area contributed by atoms with Crippen LogP contribution in [-0.2, 0) is 6.42 Å². The Balaban J connectivity index is 2.07. The van der Waals surface area contributed by atoms with Crippen LogP contribution >= 0.6 is 0 Å². The Bertz CT molecular complexity index is 365. The molecule has 1 saturated heterocycles. The molecular formula is C15H24N2. The first kappa shape index (κ1) is 12.4. The van der Waals surface area contributed by atoms with Gasteiger partial charge in [0, 0.05) is 19.8 Å². The maximum Gasteiger partial charge on any atom is 0.0393 e. The van der Waals surface area contributed by atoms with E-state index in [-0.39, 0.29) is 0 Å². The highest BCUT2D eigenvalue weighted by molar-refractivity contribution is 5.53. The molecule has 0 saturated carbocycles. The van der Waals surface area contributed by atoms with Gasteiger partial charge in [-0.3, -0.25) is 0 Å². The molecule has 1 aliphatic heterocycles.